The molecule has 0 atom stereocenters. The molecule has 1 aromatic heterocycles. The van der Waals surface area contributed by atoms with Crippen LogP contribution in [0.4, 0.5) is 0 Å². The predicted molar refractivity (Wildman–Crippen MR) is 79.1 cm³/mol. The molecule has 0 fully saturated rings. The van der Waals surface area contributed by atoms with E-state index >= 15 is 0 Å². The summed E-state index contributed by atoms with van der Waals surface area (Å²) in [6.45, 7) is 10.5. The predicted octanol–water partition coefficient (Wildman–Crippen LogP) is 4.49. The molecule has 0 amide bonds. The van der Waals surface area contributed by atoms with Crippen molar-refractivity contribution in [3.63, 3.8) is 0 Å². The molecular weight excluding hydrogens is 288 g/mol. The quantitative estimate of drug-likeness (QED) is 0.764. The Bertz CT molecular complexity index is 564. The second-order valence-electron chi connectivity index (χ2n) is 5.01. The van der Waals surface area contributed by atoms with Gasteiger partial charge in [-0.25, -0.2) is 4.68 Å². The topological polar surface area (TPSA) is 17.8 Å². The molecule has 1 aromatic carbocycles. The van der Waals surface area contributed by atoms with Crippen molar-refractivity contribution in [3.05, 3.63) is 58.8 Å². The average Bonchev–Trinajstić information content (AvgIpc) is 2.79. The molecule has 0 saturated carbocycles. The number of aromatic nitrogens is 2. The number of benzene rings is 1. The second kappa shape index (κ2) is 4.73. The van der Waals surface area contributed by atoms with E-state index in [1.807, 2.05) is 23.0 Å². The first kappa shape index (κ1) is 13.1. The third-order valence-corrected chi connectivity index (χ3v) is 3.95. The lowest BCUT2D eigenvalue weighted by Gasteiger charge is -2.26. The summed E-state index contributed by atoms with van der Waals surface area (Å²) in [7, 11) is 0. The van der Waals surface area contributed by atoms with E-state index in [9.17, 15) is 0 Å². The number of allylic oxidation sites excluding steroid dienone is 1. The molecule has 18 heavy (non-hydrogen) atoms. The monoisotopic (exact) mass is 304 g/mol. The molecule has 2 nitrogen and oxygen atoms in total. The van der Waals surface area contributed by atoms with Crippen molar-refractivity contribution in [1.82, 2.24) is 9.78 Å². The molecule has 0 aliphatic rings. The first-order valence-corrected chi connectivity index (χ1v) is 6.68. The number of nitrogens with zero attached hydrogens (tertiary/aromatic N) is 2. The van der Waals surface area contributed by atoms with Crippen LogP contribution in [0.25, 0.3) is 5.69 Å². The van der Waals surface area contributed by atoms with E-state index in [1.54, 1.807) is 0 Å². The maximum Gasteiger partial charge on any atom is 0.0649 e. The zero-order chi connectivity index (χ0) is 13.3. The first-order chi connectivity index (χ1) is 8.43. The van der Waals surface area contributed by atoms with E-state index in [0.29, 0.717) is 0 Å². The highest BCUT2D eigenvalue weighted by Crippen LogP contribution is 2.31. The van der Waals surface area contributed by atoms with Crippen molar-refractivity contribution in [3.8, 4) is 5.69 Å². The molecule has 0 saturated heterocycles. The van der Waals surface area contributed by atoms with Crippen LogP contribution >= 0.6 is 15.9 Å². The van der Waals surface area contributed by atoms with E-state index in [-0.39, 0.29) is 5.41 Å². The standard InChI is InChI=1S/C15H17BrN2/c1-11(2)15(3,4)14-9-10-17-18(14)13-7-5-12(16)6-8-13/h5-10H,1H2,2-4H3. The summed E-state index contributed by atoms with van der Waals surface area (Å²) < 4.78 is 3.04. The second-order valence-corrected chi connectivity index (χ2v) is 5.93. The van der Waals surface area contributed by atoms with Gasteiger partial charge in [-0.1, -0.05) is 41.9 Å². The van der Waals surface area contributed by atoms with Gasteiger partial charge in [-0.15, -0.1) is 0 Å². The highest BCUT2D eigenvalue weighted by molar-refractivity contribution is 9.10. The summed E-state index contributed by atoms with van der Waals surface area (Å²) >= 11 is 3.45. The summed E-state index contributed by atoms with van der Waals surface area (Å²) in [5, 5.41) is 4.43. The minimum atomic E-state index is -0.0937. The molecule has 2 aromatic rings. The minimum absolute atomic E-state index is 0.0937. The Hall–Kier alpha value is -1.35. The Labute approximate surface area is 116 Å². The Balaban J connectivity index is 2.52. The van der Waals surface area contributed by atoms with Crippen LogP contribution in [-0.2, 0) is 5.41 Å². The van der Waals surface area contributed by atoms with Gasteiger partial charge in [-0.3, -0.25) is 0 Å². The lowest BCUT2D eigenvalue weighted by molar-refractivity contribution is 0.574. The van der Waals surface area contributed by atoms with Gasteiger partial charge in [0.15, 0.2) is 0 Å². The average molecular weight is 305 g/mol. The van der Waals surface area contributed by atoms with E-state index in [1.165, 1.54) is 0 Å². The SMILES string of the molecule is C=C(C)C(C)(C)c1ccnn1-c1ccc(Br)cc1. The van der Waals surface area contributed by atoms with E-state index < -0.39 is 0 Å². The smallest absolute Gasteiger partial charge is 0.0649 e. The third-order valence-electron chi connectivity index (χ3n) is 3.42. The number of hydrogen-bond acceptors (Lipinski definition) is 1. The van der Waals surface area contributed by atoms with E-state index in [0.717, 1.165) is 21.4 Å². The Kier molecular flexibility index (Phi) is 3.44. The lowest BCUT2D eigenvalue weighted by atomic mass is 9.82. The zero-order valence-electron chi connectivity index (χ0n) is 10.9. The molecule has 0 bridgehead atoms. The Morgan fingerprint density at radius 2 is 1.83 bits per heavy atom. The fourth-order valence-corrected chi connectivity index (χ4v) is 2.05. The van der Waals surface area contributed by atoms with Gasteiger partial charge in [0.1, 0.15) is 0 Å². The van der Waals surface area contributed by atoms with Crippen LogP contribution in [-0.4, -0.2) is 9.78 Å². The molecule has 1 heterocycles. The summed E-state index contributed by atoms with van der Waals surface area (Å²) in [5.74, 6) is 0. The molecule has 0 N–H and O–H groups in total. The van der Waals surface area contributed by atoms with Crippen LogP contribution in [0.2, 0.25) is 0 Å². The maximum absolute atomic E-state index is 4.43. The van der Waals surface area contributed by atoms with Gasteiger partial charge in [0.2, 0.25) is 0 Å². The Morgan fingerprint density at radius 3 is 2.39 bits per heavy atom. The van der Waals surface area contributed by atoms with Crippen molar-refractivity contribution >= 4 is 15.9 Å². The van der Waals surface area contributed by atoms with E-state index in [4.69, 9.17) is 0 Å². The summed E-state index contributed by atoms with van der Waals surface area (Å²) in [6.07, 6.45) is 1.84. The number of halogens is 1. The normalized spacial score (nSPS) is 11.6. The fourth-order valence-electron chi connectivity index (χ4n) is 1.78. The van der Waals surface area contributed by atoms with Crippen LogP contribution in [0.5, 0.6) is 0 Å². The van der Waals surface area contributed by atoms with Gasteiger partial charge in [0.05, 0.1) is 11.4 Å². The minimum Gasteiger partial charge on any atom is -0.237 e. The van der Waals surface area contributed by atoms with Crippen molar-refractivity contribution < 1.29 is 0 Å². The zero-order valence-corrected chi connectivity index (χ0v) is 12.5. The van der Waals surface area contributed by atoms with Gasteiger partial charge in [-0.05, 0) is 37.3 Å². The van der Waals surface area contributed by atoms with Gasteiger partial charge < -0.3 is 0 Å². The molecule has 0 aliphatic heterocycles. The third kappa shape index (κ3) is 2.27. The number of rotatable bonds is 3. The molecule has 0 unspecified atom stereocenters. The van der Waals surface area contributed by atoms with Gasteiger partial charge >= 0.3 is 0 Å². The van der Waals surface area contributed by atoms with Crippen LogP contribution in [0.1, 0.15) is 26.5 Å². The summed E-state index contributed by atoms with van der Waals surface area (Å²) in [4.78, 5) is 0. The van der Waals surface area contributed by atoms with Crippen molar-refractivity contribution in [2.24, 2.45) is 0 Å². The lowest BCUT2D eigenvalue weighted by Crippen LogP contribution is -2.22. The molecule has 0 radical (unpaired) electrons. The largest absolute Gasteiger partial charge is 0.237 e. The summed E-state index contributed by atoms with van der Waals surface area (Å²) in [6, 6.07) is 10.2. The maximum atomic E-state index is 4.43. The van der Waals surface area contributed by atoms with Gasteiger partial charge in [-0.2, -0.15) is 5.10 Å². The van der Waals surface area contributed by atoms with Crippen LogP contribution in [0.15, 0.2) is 53.2 Å². The molecule has 0 spiro atoms. The van der Waals surface area contributed by atoms with Crippen molar-refractivity contribution in [2.75, 3.05) is 0 Å². The molecule has 94 valence electrons. The molecular formula is C15H17BrN2. The van der Waals surface area contributed by atoms with Crippen LogP contribution in [0.3, 0.4) is 0 Å². The molecule has 3 heteroatoms. The van der Waals surface area contributed by atoms with Crippen molar-refractivity contribution in [2.45, 2.75) is 26.2 Å². The Morgan fingerprint density at radius 1 is 1.22 bits per heavy atom. The van der Waals surface area contributed by atoms with Crippen molar-refractivity contribution in [1.29, 1.82) is 0 Å². The fraction of sp³-hybridized carbons (Fsp3) is 0.267. The first-order valence-electron chi connectivity index (χ1n) is 5.89. The molecule has 2 rings (SSSR count). The highest BCUT2D eigenvalue weighted by atomic mass is 79.9. The van der Waals surface area contributed by atoms with Crippen LogP contribution < -0.4 is 0 Å². The van der Waals surface area contributed by atoms with E-state index in [2.05, 4.69) is 66.6 Å². The van der Waals surface area contributed by atoms with Gasteiger partial charge in [0, 0.05) is 16.1 Å². The van der Waals surface area contributed by atoms with Crippen LogP contribution in [0, 0.1) is 0 Å². The number of hydrogen-bond donors (Lipinski definition) is 0. The molecule has 0 aliphatic carbocycles. The summed E-state index contributed by atoms with van der Waals surface area (Å²) in [5.41, 5.74) is 3.25. The van der Waals surface area contributed by atoms with Gasteiger partial charge in [0.25, 0.3) is 0 Å². The highest BCUT2D eigenvalue weighted by Gasteiger charge is 2.25.